The topological polar surface area (TPSA) is 35.5 Å². The van der Waals surface area contributed by atoms with Gasteiger partial charge in [-0.05, 0) is 91.4 Å². The molecule has 1 aromatic heterocycles. The molecule has 1 aliphatic carbocycles. The molecule has 1 heterocycles. The first-order valence-electron chi connectivity index (χ1n) is 14.6. The van der Waals surface area contributed by atoms with E-state index in [2.05, 4.69) is 102 Å². The number of benzene rings is 2. The fourth-order valence-electron chi connectivity index (χ4n) is 6.25. The van der Waals surface area contributed by atoms with Crippen LogP contribution in [0.3, 0.4) is 0 Å². The molecule has 3 atom stereocenters. The van der Waals surface area contributed by atoms with Gasteiger partial charge in [0.05, 0.1) is 6.10 Å². The third-order valence-corrected chi connectivity index (χ3v) is 10.1. The highest BCUT2D eigenvalue weighted by Crippen LogP contribution is 2.47. The van der Waals surface area contributed by atoms with Crippen molar-refractivity contribution in [2.45, 2.75) is 126 Å². The molecule has 3 aromatic rings. The molecule has 1 aliphatic rings. The van der Waals surface area contributed by atoms with Gasteiger partial charge in [-0.3, -0.25) is 4.52 Å². The molecule has 0 aliphatic heterocycles. The Kier molecular flexibility index (Phi) is 7.99. The van der Waals surface area contributed by atoms with Crippen LogP contribution in [0.15, 0.2) is 20.5 Å². The molecule has 4 heteroatoms. The van der Waals surface area contributed by atoms with Gasteiger partial charge in [-0.25, -0.2) is 0 Å². The minimum Gasteiger partial charge on any atom is -0.399 e. The Morgan fingerprint density at radius 1 is 0.789 bits per heavy atom. The molecule has 1 fully saturated rings. The molecule has 3 nitrogen and oxygen atoms in total. The maximum Gasteiger partial charge on any atom is 0.387 e. The Bertz CT molecular complexity index is 1290. The molecule has 1 saturated carbocycles. The van der Waals surface area contributed by atoms with Crippen LogP contribution in [0.1, 0.15) is 115 Å². The van der Waals surface area contributed by atoms with Crippen LogP contribution in [-0.4, -0.2) is 6.10 Å². The fourth-order valence-corrected chi connectivity index (χ4v) is 7.51. The van der Waals surface area contributed by atoms with E-state index in [4.69, 9.17) is 12.9 Å². The van der Waals surface area contributed by atoms with Gasteiger partial charge in [0.2, 0.25) is 0 Å². The molecular weight excluding hydrogens is 487 g/mol. The van der Waals surface area contributed by atoms with E-state index < -0.39 is 8.24 Å². The summed E-state index contributed by atoms with van der Waals surface area (Å²) in [5.41, 5.74) is 9.26. The zero-order valence-corrected chi connectivity index (χ0v) is 27.2. The average molecular weight is 539 g/mol. The highest BCUT2D eigenvalue weighted by atomic mass is 31.1. The third-order valence-electron chi connectivity index (χ3n) is 8.98. The lowest BCUT2D eigenvalue weighted by Gasteiger charge is -2.35. The normalized spacial score (nSPS) is 21.1. The van der Waals surface area contributed by atoms with E-state index in [0.29, 0.717) is 17.8 Å². The lowest BCUT2D eigenvalue weighted by molar-refractivity contribution is 0.0746. The van der Waals surface area contributed by atoms with Crippen molar-refractivity contribution in [3.05, 3.63) is 45.5 Å². The zero-order chi connectivity index (χ0) is 28.3. The number of hydrogen-bond acceptors (Lipinski definition) is 3. The average Bonchev–Trinajstić information content (AvgIpc) is 2.94. The first-order chi connectivity index (χ1) is 17.5. The molecule has 0 radical (unpaired) electrons. The predicted molar refractivity (Wildman–Crippen MR) is 164 cm³/mol. The van der Waals surface area contributed by atoms with Crippen molar-refractivity contribution < 1.29 is 12.9 Å². The van der Waals surface area contributed by atoms with Crippen molar-refractivity contribution in [3.8, 4) is 0 Å². The highest BCUT2D eigenvalue weighted by molar-refractivity contribution is 7.31. The molecule has 2 aromatic carbocycles. The Hall–Kier alpha value is -1.70. The summed E-state index contributed by atoms with van der Waals surface area (Å²) in [7, 11) is -1.64. The van der Waals surface area contributed by atoms with E-state index in [0.717, 1.165) is 17.6 Å². The summed E-state index contributed by atoms with van der Waals surface area (Å²) in [6.45, 7) is 29.6. The van der Waals surface area contributed by atoms with Gasteiger partial charge in [0, 0.05) is 21.9 Å². The van der Waals surface area contributed by atoms with E-state index in [1.165, 1.54) is 57.0 Å². The van der Waals surface area contributed by atoms with Crippen LogP contribution in [0.2, 0.25) is 0 Å². The fraction of sp³-hybridized carbons (Fsp3) is 0.647. The summed E-state index contributed by atoms with van der Waals surface area (Å²) in [6, 6.07) is 4.64. The molecule has 0 bridgehead atoms. The van der Waals surface area contributed by atoms with Crippen LogP contribution in [0.25, 0.3) is 21.9 Å². The Morgan fingerprint density at radius 3 is 1.63 bits per heavy atom. The summed E-state index contributed by atoms with van der Waals surface area (Å²) >= 11 is 0. The van der Waals surface area contributed by atoms with Gasteiger partial charge in [-0.1, -0.05) is 80.9 Å². The monoisotopic (exact) mass is 538 g/mol. The number of hydrogen-bond donors (Lipinski definition) is 0. The van der Waals surface area contributed by atoms with Gasteiger partial charge in [0.1, 0.15) is 11.2 Å². The lowest BCUT2D eigenvalue weighted by Crippen LogP contribution is -2.35. The largest absolute Gasteiger partial charge is 0.399 e. The van der Waals surface area contributed by atoms with E-state index in [1.807, 2.05) is 0 Å². The smallest absolute Gasteiger partial charge is 0.387 e. The van der Waals surface area contributed by atoms with Crippen LogP contribution in [0.5, 0.6) is 0 Å². The quantitative estimate of drug-likeness (QED) is 0.333. The van der Waals surface area contributed by atoms with Crippen molar-refractivity contribution in [3.63, 3.8) is 0 Å². The van der Waals surface area contributed by atoms with E-state index in [-0.39, 0.29) is 16.9 Å². The minimum atomic E-state index is -1.64. The van der Waals surface area contributed by atoms with Crippen LogP contribution >= 0.6 is 8.24 Å². The maximum atomic E-state index is 6.98. The second kappa shape index (κ2) is 10.4. The van der Waals surface area contributed by atoms with E-state index >= 15 is 0 Å². The second-order valence-electron chi connectivity index (χ2n) is 14.5. The molecule has 0 spiro atoms. The van der Waals surface area contributed by atoms with Gasteiger partial charge in [-0.15, -0.1) is 0 Å². The van der Waals surface area contributed by atoms with Crippen LogP contribution in [0.4, 0.5) is 0 Å². The highest BCUT2D eigenvalue weighted by Gasteiger charge is 2.34. The molecule has 4 rings (SSSR count). The molecule has 0 saturated heterocycles. The summed E-state index contributed by atoms with van der Waals surface area (Å²) in [6.07, 6.45) is 3.68. The summed E-state index contributed by atoms with van der Waals surface area (Å²) < 4.78 is 20.9. The molecule has 0 unspecified atom stereocenters. The molecular formula is C34H51O3P. The molecule has 0 N–H and O–H groups in total. The van der Waals surface area contributed by atoms with Gasteiger partial charge < -0.3 is 8.39 Å². The van der Waals surface area contributed by atoms with E-state index in [1.54, 1.807) is 0 Å². The zero-order valence-electron chi connectivity index (χ0n) is 26.3. The first-order valence-corrected chi connectivity index (χ1v) is 15.7. The Morgan fingerprint density at radius 2 is 1.24 bits per heavy atom. The summed E-state index contributed by atoms with van der Waals surface area (Å²) in [4.78, 5) is 0. The van der Waals surface area contributed by atoms with Crippen molar-refractivity contribution >= 4 is 30.2 Å². The number of rotatable bonds is 3. The van der Waals surface area contributed by atoms with Gasteiger partial charge in [0.25, 0.3) is 0 Å². The van der Waals surface area contributed by atoms with Crippen LogP contribution < -0.4 is 4.52 Å². The molecule has 210 valence electrons. The maximum absolute atomic E-state index is 6.98. The van der Waals surface area contributed by atoms with E-state index in [9.17, 15) is 0 Å². The van der Waals surface area contributed by atoms with Crippen LogP contribution in [-0.2, 0) is 10.8 Å². The van der Waals surface area contributed by atoms with Crippen molar-refractivity contribution in [1.29, 1.82) is 0 Å². The lowest BCUT2D eigenvalue weighted by atomic mass is 9.75. The summed E-state index contributed by atoms with van der Waals surface area (Å²) in [5.74, 6) is 1.74. The van der Waals surface area contributed by atoms with Gasteiger partial charge >= 0.3 is 8.24 Å². The van der Waals surface area contributed by atoms with Crippen molar-refractivity contribution in [2.24, 2.45) is 17.8 Å². The second-order valence-corrected chi connectivity index (χ2v) is 15.5. The molecule has 38 heavy (non-hydrogen) atoms. The Balaban J connectivity index is 2.19. The van der Waals surface area contributed by atoms with Crippen molar-refractivity contribution in [1.82, 2.24) is 0 Å². The number of aryl methyl sites for hydroxylation is 4. The Labute approximate surface area is 232 Å². The standard InChI is InChI=1S/C34H51O3P/c1-19(2)25-15-14-20(3)16-28(25)35-38-36-31-26(33(8,9)10)17-21(4)23(6)29(31)30-24(7)22(5)18-27(32(30)37-38)34(11,12)13/h17-20,25,28H,14-16H2,1-13H3/t20-,25+,28-/m1/s1. The minimum absolute atomic E-state index is 0.0849. The third kappa shape index (κ3) is 5.48. The van der Waals surface area contributed by atoms with Crippen molar-refractivity contribution in [2.75, 3.05) is 0 Å². The SMILES string of the molecule is Cc1cc(C(C)(C)C)c2op(O[C@@H]3C[C@H](C)CC[C@H]3C(C)C)oc3c(C(C)(C)C)cc(C)c(C)c3c2c1C. The van der Waals surface area contributed by atoms with Crippen LogP contribution in [0, 0.1) is 45.4 Å². The predicted octanol–water partition coefficient (Wildman–Crippen LogP) is 11.0. The van der Waals surface area contributed by atoms with Gasteiger partial charge in [-0.2, -0.15) is 0 Å². The summed E-state index contributed by atoms with van der Waals surface area (Å²) in [5, 5.41) is 2.37. The molecule has 0 amide bonds. The first kappa shape index (κ1) is 29.3. The number of fused-ring (bicyclic) bond motifs is 3. The van der Waals surface area contributed by atoms with Gasteiger partial charge in [0.15, 0.2) is 0 Å².